The van der Waals surface area contributed by atoms with Crippen molar-refractivity contribution in [1.82, 2.24) is 9.97 Å². The van der Waals surface area contributed by atoms with Crippen LogP contribution in [0.25, 0.3) is 22.4 Å². The first-order valence-electron chi connectivity index (χ1n) is 9.34. The van der Waals surface area contributed by atoms with E-state index >= 15 is 0 Å². The number of hydrogen-bond donors (Lipinski definition) is 0. The molecule has 32 heavy (non-hydrogen) atoms. The Kier molecular flexibility index (Phi) is 6.48. The van der Waals surface area contributed by atoms with Crippen molar-refractivity contribution in [3.8, 4) is 46.1 Å². The van der Waals surface area contributed by atoms with Crippen LogP contribution < -0.4 is 9.47 Å². The molecule has 0 aliphatic rings. The van der Waals surface area contributed by atoms with Crippen LogP contribution in [0, 0.1) is 11.3 Å². The maximum absolute atomic E-state index is 9.23. The van der Waals surface area contributed by atoms with Gasteiger partial charge in [-0.25, -0.2) is 0 Å². The van der Waals surface area contributed by atoms with Crippen molar-refractivity contribution < 1.29 is 9.47 Å². The Bertz CT molecular complexity index is 1340. The predicted octanol–water partition coefficient (Wildman–Crippen LogP) is 7.44. The lowest BCUT2D eigenvalue weighted by atomic mass is 10.00. The highest BCUT2D eigenvalue weighted by molar-refractivity contribution is 6.36. The van der Waals surface area contributed by atoms with Crippen molar-refractivity contribution in [3.05, 3.63) is 87.4 Å². The summed E-state index contributed by atoms with van der Waals surface area (Å²) in [6.45, 7) is 0. The van der Waals surface area contributed by atoms with E-state index in [1.807, 2.05) is 12.1 Å². The molecular weight excluding hydrogens is 469 g/mol. The zero-order valence-corrected chi connectivity index (χ0v) is 18.9. The average molecular weight is 483 g/mol. The average Bonchev–Trinajstić information content (AvgIpc) is 2.79. The maximum atomic E-state index is 9.23. The lowest BCUT2D eigenvalue weighted by molar-refractivity contribution is 0.367. The number of hydrogen-bond acceptors (Lipinski definition) is 5. The van der Waals surface area contributed by atoms with Crippen LogP contribution in [-0.4, -0.2) is 17.1 Å². The zero-order valence-electron chi connectivity index (χ0n) is 16.6. The van der Waals surface area contributed by atoms with Gasteiger partial charge in [0, 0.05) is 15.6 Å². The fourth-order valence-corrected chi connectivity index (χ4v) is 3.70. The molecule has 4 rings (SSSR count). The van der Waals surface area contributed by atoms with Crippen LogP contribution in [0.1, 0.15) is 5.56 Å². The number of halogens is 3. The van der Waals surface area contributed by atoms with Gasteiger partial charge in [-0.1, -0.05) is 53.0 Å². The predicted molar refractivity (Wildman–Crippen MR) is 126 cm³/mol. The molecule has 158 valence electrons. The van der Waals surface area contributed by atoms with E-state index in [2.05, 4.69) is 16.0 Å². The second-order valence-corrected chi connectivity index (χ2v) is 7.89. The zero-order chi connectivity index (χ0) is 22.7. The molecule has 1 aromatic heterocycles. The smallest absolute Gasteiger partial charge is 0.320 e. The van der Waals surface area contributed by atoms with Crippen molar-refractivity contribution in [3.63, 3.8) is 0 Å². The fraction of sp³-hybridized carbons (Fsp3) is 0.0417. The van der Waals surface area contributed by atoms with Crippen LogP contribution in [0.2, 0.25) is 15.1 Å². The first-order chi connectivity index (χ1) is 15.5. The molecule has 0 atom stereocenters. The first-order valence-corrected chi connectivity index (χ1v) is 10.5. The maximum Gasteiger partial charge on any atom is 0.320 e. The SMILES string of the molecule is COc1nc(Oc2cccc(C#N)c2)c(-c2ccc(Cl)cc2)c(-c2ccc(Cl)cc2Cl)n1. The van der Waals surface area contributed by atoms with Crippen LogP contribution in [0.15, 0.2) is 66.7 Å². The molecule has 0 saturated carbocycles. The van der Waals surface area contributed by atoms with Crippen LogP contribution in [0.3, 0.4) is 0 Å². The summed E-state index contributed by atoms with van der Waals surface area (Å²) >= 11 is 18.7. The molecule has 5 nitrogen and oxygen atoms in total. The van der Waals surface area contributed by atoms with Crippen molar-refractivity contribution in [1.29, 1.82) is 5.26 Å². The van der Waals surface area contributed by atoms with E-state index in [1.54, 1.807) is 54.6 Å². The molecule has 0 spiro atoms. The van der Waals surface area contributed by atoms with Gasteiger partial charge in [0.25, 0.3) is 0 Å². The Morgan fingerprint density at radius 3 is 2.31 bits per heavy atom. The van der Waals surface area contributed by atoms with Crippen molar-refractivity contribution in [2.75, 3.05) is 7.11 Å². The number of aromatic nitrogens is 2. The highest BCUT2D eigenvalue weighted by Gasteiger charge is 2.22. The summed E-state index contributed by atoms with van der Waals surface area (Å²) in [4.78, 5) is 8.99. The molecule has 1 heterocycles. The largest absolute Gasteiger partial charge is 0.467 e. The fourth-order valence-electron chi connectivity index (χ4n) is 3.08. The molecule has 0 bridgehead atoms. The van der Waals surface area contributed by atoms with Gasteiger partial charge in [0.1, 0.15) is 5.75 Å². The number of methoxy groups -OCH3 is 1. The standard InChI is InChI=1S/C24H14Cl3N3O2/c1-31-24-29-22(19-10-9-17(26)12-20(19)27)21(15-5-7-16(25)8-6-15)23(30-24)32-18-4-2-3-14(11-18)13-28/h2-12H,1H3. The van der Waals surface area contributed by atoms with Gasteiger partial charge in [-0.3, -0.25) is 0 Å². The highest BCUT2D eigenvalue weighted by atomic mass is 35.5. The minimum atomic E-state index is 0.0927. The lowest BCUT2D eigenvalue weighted by Gasteiger charge is -2.16. The van der Waals surface area contributed by atoms with E-state index in [9.17, 15) is 5.26 Å². The molecule has 8 heteroatoms. The topological polar surface area (TPSA) is 68.0 Å². The molecule has 0 radical (unpaired) electrons. The number of benzene rings is 3. The Labute approximate surface area is 199 Å². The van der Waals surface area contributed by atoms with E-state index in [0.29, 0.717) is 43.2 Å². The van der Waals surface area contributed by atoms with E-state index < -0.39 is 0 Å². The summed E-state index contributed by atoms with van der Waals surface area (Å²) in [5.74, 6) is 0.670. The molecule has 0 fully saturated rings. The van der Waals surface area contributed by atoms with Crippen LogP contribution in [0.4, 0.5) is 0 Å². The number of ether oxygens (including phenoxy) is 2. The summed E-state index contributed by atoms with van der Waals surface area (Å²) < 4.78 is 11.4. The van der Waals surface area contributed by atoms with Gasteiger partial charge in [-0.15, -0.1) is 0 Å². The second-order valence-electron chi connectivity index (χ2n) is 6.61. The lowest BCUT2D eigenvalue weighted by Crippen LogP contribution is -2.02. The van der Waals surface area contributed by atoms with Crippen LogP contribution in [-0.2, 0) is 0 Å². The molecule has 0 saturated heterocycles. The molecule has 0 aliphatic carbocycles. The monoisotopic (exact) mass is 481 g/mol. The Morgan fingerprint density at radius 2 is 1.62 bits per heavy atom. The molecule has 0 unspecified atom stereocenters. The van der Waals surface area contributed by atoms with Crippen molar-refractivity contribution in [2.24, 2.45) is 0 Å². The molecular formula is C24H14Cl3N3O2. The molecule has 0 aliphatic heterocycles. The van der Waals surface area contributed by atoms with Gasteiger partial charge in [-0.05, 0) is 54.1 Å². The van der Waals surface area contributed by atoms with Crippen molar-refractivity contribution >= 4 is 34.8 Å². The summed E-state index contributed by atoms with van der Waals surface area (Å²) in [5, 5.41) is 10.7. The van der Waals surface area contributed by atoms with Gasteiger partial charge in [-0.2, -0.15) is 15.2 Å². The summed E-state index contributed by atoms with van der Waals surface area (Å²) in [6, 6.07) is 21.3. The Morgan fingerprint density at radius 1 is 0.875 bits per heavy atom. The molecule has 3 aromatic carbocycles. The molecule has 0 amide bonds. The molecule has 0 N–H and O–H groups in total. The quantitative estimate of drug-likeness (QED) is 0.295. The number of nitriles is 1. The van der Waals surface area contributed by atoms with Crippen LogP contribution >= 0.6 is 34.8 Å². The first kappa shape index (κ1) is 21.9. The minimum absolute atomic E-state index is 0.0927. The summed E-state index contributed by atoms with van der Waals surface area (Å²) in [5.41, 5.74) is 2.90. The Hall–Kier alpha value is -3.30. The highest BCUT2D eigenvalue weighted by Crippen LogP contribution is 2.42. The van der Waals surface area contributed by atoms with Gasteiger partial charge >= 0.3 is 6.01 Å². The normalized spacial score (nSPS) is 10.5. The summed E-state index contributed by atoms with van der Waals surface area (Å²) in [6.07, 6.45) is 0. The summed E-state index contributed by atoms with van der Waals surface area (Å²) in [7, 11) is 1.46. The second kappa shape index (κ2) is 9.46. The van der Waals surface area contributed by atoms with Gasteiger partial charge in [0.2, 0.25) is 5.88 Å². The van der Waals surface area contributed by atoms with Gasteiger partial charge in [0.05, 0.1) is 35.0 Å². The van der Waals surface area contributed by atoms with Gasteiger partial charge < -0.3 is 9.47 Å². The number of nitrogens with zero attached hydrogens (tertiary/aromatic N) is 3. The van der Waals surface area contributed by atoms with Crippen molar-refractivity contribution in [2.45, 2.75) is 0 Å². The number of rotatable bonds is 5. The van der Waals surface area contributed by atoms with Gasteiger partial charge in [0.15, 0.2) is 0 Å². The van der Waals surface area contributed by atoms with E-state index in [-0.39, 0.29) is 11.9 Å². The van der Waals surface area contributed by atoms with E-state index in [1.165, 1.54) is 7.11 Å². The molecule has 4 aromatic rings. The minimum Gasteiger partial charge on any atom is -0.467 e. The Balaban J connectivity index is 1.99. The van der Waals surface area contributed by atoms with E-state index in [0.717, 1.165) is 5.56 Å². The third-order valence-electron chi connectivity index (χ3n) is 4.53. The third-order valence-corrected chi connectivity index (χ3v) is 5.33. The van der Waals surface area contributed by atoms with E-state index in [4.69, 9.17) is 44.3 Å². The third kappa shape index (κ3) is 4.63. The van der Waals surface area contributed by atoms with Crippen LogP contribution in [0.5, 0.6) is 17.6 Å².